The van der Waals surface area contributed by atoms with Crippen molar-refractivity contribution in [1.29, 1.82) is 0 Å². The largest absolute Gasteiger partial charge is 0.504 e. The zero-order chi connectivity index (χ0) is 12.3. The Hall–Kier alpha value is -1.96. The third-order valence-electron chi connectivity index (χ3n) is 2.64. The predicted molar refractivity (Wildman–Crippen MR) is 68.7 cm³/mol. The molecule has 2 rings (SSSR count). The zero-order valence-corrected chi connectivity index (χ0v) is 10.1. The maximum Gasteiger partial charge on any atom is 0.169 e. The van der Waals surface area contributed by atoms with Gasteiger partial charge in [0.1, 0.15) is 5.75 Å². The van der Waals surface area contributed by atoms with E-state index < -0.39 is 0 Å². The Morgan fingerprint density at radius 1 is 0.941 bits per heavy atom. The number of hydrogen-bond acceptors (Lipinski definition) is 2. The van der Waals surface area contributed by atoms with Crippen molar-refractivity contribution in [3.8, 4) is 17.2 Å². The van der Waals surface area contributed by atoms with Gasteiger partial charge in [-0.25, -0.2) is 0 Å². The lowest BCUT2D eigenvalue weighted by molar-refractivity contribution is 0.411. The van der Waals surface area contributed by atoms with Gasteiger partial charge in [0.05, 0.1) is 0 Å². The Balaban J connectivity index is 2.17. The molecule has 0 atom stereocenters. The molecule has 0 spiro atoms. The van der Waals surface area contributed by atoms with Crippen molar-refractivity contribution in [1.82, 2.24) is 0 Å². The minimum Gasteiger partial charge on any atom is -0.504 e. The number of phenolic OH excluding ortho intramolecular Hbond substituents is 1. The molecule has 0 aliphatic carbocycles. The second-order valence-electron chi connectivity index (χ2n) is 4.29. The van der Waals surface area contributed by atoms with Crippen LogP contribution in [0.25, 0.3) is 0 Å². The van der Waals surface area contributed by atoms with Gasteiger partial charge in [-0.15, -0.1) is 0 Å². The Kier molecular flexibility index (Phi) is 3.33. The van der Waals surface area contributed by atoms with Crippen LogP contribution in [-0.4, -0.2) is 5.11 Å². The third kappa shape index (κ3) is 2.78. The fraction of sp³-hybridized carbons (Fsp3) is 0.200. The number of para-hydroxylation sites is 2. The Morgan fingerprint density at radius 3 is 2.18 bits per heavy atom. The van der Waals surface area contributed by atoms with Gasteiger partial charge in [0, 0.05) is 0 Å². The van der Waals surface area contributed by atoms with Crippen LogP contribution in [0.3, 0.4) is 0 Å². The molecule has 2 aromatic rings. The summed E-state index contributed by atoms with van der Waals surface area (Å²) in [5.41, 5.74) is 1.27. The number of phenols is 1. The molecule has 0 saturated carbocycles. The highest BCUT2D eigenvalue weighted by atomic mass is 16.5. The lowest BCUT2D eigenvalue weighted by Gasteiger charge is -2.09. The fourth-order valence-electron chi connectivity index (χ4n) is 1.59. The van der Waals surface area contributed by atoms with Crippen molar-refractivity contribution in [2.45, 2.75) is 19.8 Å². The lowest BCUT2D eigenvalue weighted by Crippen LogP contribution is -1.88. The molecule has 1 N–H and O–H groups in total. The van der Waals surface area contributed by atoms with Gasteiger partial charge in [-0.2, -0.15) is 0 Å². The first-order valence-electron chi connectivity index (χ1n) is 5.72. The normalized spacial score (nSPS) is 10.5. The highest BCUT2D eigenvalue weighted by Gasteiger charge is 2.03. The van der Waals surface area contributed by atoms with Crippen LogP contribution in [0.5, 0.6) is 17.2 Å². The second kappa shape index (κ2) is 4.91. The maximum absolute atomic E-state index is 9.59. The van der Waals surface area contributed by atoms with Gasteiger partial charge in [0.15, 0.2) is 11.5 Å². The number of benzene rings is 2. The van der Waals surface area contributed by atoms with Crippen LogP contribution < -0.4 is 4.74 Å². The van der Waals surface area contributed by atoms with Gasteiger partial charge < -0.3 is 9.84 Å². The first kappa shape index (κ1) is 11.5. The van der Waals surface area contributed by atoms with Crippen molar-refractivity contribution in [3.63, 3.8) is 0 Å². The molecular weight excluding hydrogens is 212 g/mol. The highest BCUT2D eigenvalue weighted by Crippen LogP contribution is 2.30. The van der Waals surface area contributed by atoms with Crippen molar-refractivity contribution < 1.29 is 9.84 Å². The molecular formula is C15H16O2. The van der Waals surface area contributed by atoms with Crippen LogP contribution in [0.4, 0.5) is 0 Å². The summed E-state index contributed by atoms with van der Waals surface area (Å²) in [7, 11) is 0. The summed E-state index contributed by atoms with van der Waals surface area (Å²) in [5.74, 6) is 1.87. The minimum absolute atomic E-state index is 0.153. The fourth-order valence-corrected chi connectivity index (χ4v) is 1.59. The van der Waals surface area contributed by atoms with E-state index in [2.05, 4.69) is 13.8 Å². The van der Waals surface area contributed by atoms with E-state index in [1.165, 1.54) is 5.56 Å². The van der Waals surface area contributed by atoms with E-state index in [-0.39, 0.29) is 5.75 Å². The lowest BCUT2D eigenvalue weighted by atomic mass is 10.0. The van der Waals surface area contributed by atoms with Crippen molar-refractivity contribution in [2.24, 2.45) is 0 Å². The zero-order valence-electron chi connectivity index (χ0n) is 10.1. The molecule has 88 valence electrons. The Morgan fingerprint density at radius 2 is 1.59 bits per heavy atom. The summed E-state index contributed by atoms with van der Waals surface area (Å²) < 4.78 is 5.59. The molecule has 0 fully saturated rings. The molecule has 2 heteroatoms. The number of aromatic hydroxyl groups is 1. The van der Waals surface area contributed by atoms with Crippen LogP contribution in [0.2, 0.25) is 0 Å². The molecule has 17 heavy (non-hydrogen) atoms. The smallest absolute Gasteiger partial charge is 0.169 e. The standard InChI is InChI=1S/C15H16O2/c1-11(2)12-7-9-13(10-8-12)17-15-6-4-3-5-14(15)16/h3-11,16H,1-2H3. The van der Waals surface area contributed by atoms with E-state index >= 15 is 0 Å². The summed E-state index contributed by atoms with van der Waals surface area (Å²) >= 11 is 0. The van der Waals surface area contributed by atoms with Crippen LogP contribution >= 0.6 is 0 Å². The van der Waals surface area contributed by atoms with Gasteiger partial charge in [-0.1, -0.05) is 38.1 Å². The molecule has 2 aromatic carbocycles. The summed E-state index contributed by atoms with van der Waals surface area (Å²) in [6, 6.07) is 14.9. The van der Waals surface area contributed by atoms with Crippen LogP contribution in [-0.2, 0) is 0 Å². The minimum atomic E-state index is 0.153. The monoisotopic (exact) mass is 228 g/mol. The molecule has 0 aliphatic rings. The molecule has 0 amide bonds. The van der Waals surface area contributed by atoms with Gasteiger partial charge in [-0.3, -0.25) is 0 Å². The first-order valence-corrected chi connectivity index (χ1v) is 5.72. The Labute approximate surface area is 101 Å². The molecule has 0 aliphatic heterocycles. The predicted octanol–water partition coefficient (Wildman–Crippen LogP) is 4.31. The average molecular weight is 228 g/mol. The molecule has 0 unspecified atom stereocenters. The molecule has 2 nitrogen and oxygen atoms in total. The van der Waals surface area contributed by atoms with Crippen LogP contribution in [0.15, 0.2) is 48.5 Å². The molecule has 0 heterocycles. The van der Waals surface area contributed by atoms with Gasteiger partial charge in [-0.05, 0) is 35.7 Å². The molecule has 0 aromatic heterocycles. The third-order valence-corrected chi connectivity index (χ3v) is 2.64. The van der Waals surface area contributed by atoms with E-state index in [0.29, 0.717) is 11.7 Å². The molecule has 0 bridgehead atoms. The van der Waals surface area contributed by atoms with Crippen molar-refractivity contribution in [2.75, 3.05) is 0 Å². The van der Waals surface area contributed by atoms with E-state index in [1.807, 2.05) is 30.3 Å². The summed E-state index contributed by atoms with van der Waals surface area (Å²) in [6.07, 6.45) is 0. The van der Waals surface area contributed by atoms with E-state index in [4.69, 9.17) is 4.74 Å². The number of hydrogen-bond donors (Lipinski definition) is 1. The summed E-state index contributed by atoms with van der Waals surface area (Å²) in [4.78, 5) is 0. The van der Waals surface area contributed by atoms with Crippen molar-refractivity contribution >= 4 is 0 Å². The van der Waals surface area contributed by atoms with E-state index in [0.717, 1.165) is 5.75 Å². The van der Waals surface area contributed by atoms with E-state index in [1.54, 1.807) is 18.2 Å². The topological polar surface area (TPSA) is 29.5 Å². The van der Waals surface area contributed by atoms with Crippen molar-refractivity contribution in [3.05, 3.63) is 54.1 Å². The summed E-state index contributed by atoms with van der Waals surface area (Å²) in [5, 5.41) is 9.59. The maximum atomic E-state index is 9.59. The van der Waals surface area contributed by atoms with Crippen LogP contribution in [0.1, 0.15) is 25.3 Å². The second-order valence-corrected chi connectivity index (χ2v) is 4.29. The van der Waals surface area contributed by atoms with Gasteiger partial charge in [0.2, 0.25) is 0 Å². The summed E-state index contributed by atoms with van der Waals surface area (Å²) in [6.45, 7) is 4.30. The SMILES string of the molecule is CC(C)c1ccc(Oc2ccccc2O)cc1. The first-order chi connectivity index (χ1) is 8.16. The highest BCUT2D eigenvalue weighted by molar-refractivity contribution is 5.42. The molecule has 0 radical (unpaired) electrons. The quantitative estimate of drug-likeness (QED) is 0.848. The Bertz CT molecular complexity index is 487. The van der Waals surface area contributed by atoms with Crippen LogP contribution in [0, 0.1) is 0 Å². The van der Waals surface area contributed by atoms with Gasteiger partial charge in [0.25, 0.3) is 0 Å². The number of ether oxygens (including phenoxy) is 1. The average Bonchev–Trinajstić information content (AvgIpc) is 2.33. The van der Waals surface area contributed by atoms with E-state index in [9.17, 15) is 5.11 Å². The number of rotatable bonds is 3. The molecule has 0 saturated heterocycles. The van der Waals surface area contributed by atoms with Gasteiger partial charge >= 0.3 is 0 Å².